The fourth-order valence-corrected chi connectivity index (χ4v) is 0.911. The molecule has 1 rings (SSSR count). The molecule has 1 heterocycles. The van der Waals surface area contributed by atoms with E-state index in [1.807, 2.05) is 0 Å². The molecule has 0 saturated heterocycles. The van der Waals surface area contributed by atoms with E-state index in [1.165, 1.54) is 6.07 Å². The van der Waals surface area contributed by atoms with Crippen LogP contribution in [0.15, 0.2) is 21.2 Å². The predicted octanol–water partition coefficient (Wildman–Crippen LogP) is 1.34. The summed E-state index contributed by atoms with van der Waals surface area (Å²) in [6.07, 6.45) is 0. The lowest BCUT2D eigenvalue weighted by atomic mass is 10.4. The molecule has 0 saturated carbocycles. The zero-order valence-electron chi connectivity index (χ0n) is 4.84. The molecule has 0 aliphatic heterocycles. The second kappa shape index (κ2) is 2.54. The Morgan fingerprint density at radius 1 is 1.70 bits per heavy atom. The number of hydrogen-bond acceptors (Lipinski definition) is 3. The number of furan rings is 1. The maximum absolute atomic E-state index is 8.93. The summed E-state index contributed by atoms with van der Waals surface area (Å²) in [7, 11) is 0. The first kappa shape index (κ1) is 8.07. The van der Waals surface area contributed by atoms with Crippen molar-refractivity contribution in [2.75, 3.05) is 0 Å². The van der Waals surface area contributed by atoms with Gasteiger partial charge < -0.3 is 9.52 Å². The average Bonchev–Trinajstić information content (AvgIpc) is 2.11. The van der Waals surface area contributed by atoms with Crippen LogP contribution in [0.5, 0.6) is 0 Å². The van der Waals surface area contributed by atoms with Crippen LogP contribution in [0.2, 0.25) is 0 Å². The Labute approximate surface area is 70.9 Å². The van der Waals surface area contributed by atoms with E-state index in [4.69, 9.17) is 26.9 Å². The average molecular weight is 226 g/mol. The van der Waals surface area contributed by atoms with Gasteiger partial charge in [0, 0.05) is 0 Å². The topological polar surface area (TPSA) is 59.4 Å². The van der Waals surface area contributed by atoms with Gasteiger partial charge in [0.15, 0.2) is 10.4 Å². The van der Waals surface area contributed by atoms with Crippen LogP contribution in [-0.2, 0) is 5.18 Å². The van der Waals surface area contributed by atoms with Crippen LogP contribution in [0.4, 0.5) is 0 Å². The standard InChI is InChI=1S/C5H5BrClNO2/c6-4-2-1-3(10-4)5(7,8)9/h1-2,9H,8H2. The van der Waals surface area contributed by atoms with Crippen LogP contribution < -0.4 is 5.73 Å². The van der Waals surface area contributed by atoms with E-state index in [0.29, 0.717) is 4.67 Å². The zero-order valence-corrected chi connectivity index (χ0v) is 7.19. The summed E-state index contributed by atoms with van der Waals surface area (Å²) >= 11 is 8.32. The maximum atomic E-state index is 8.93. The van der Waals surface area contributed by atoms with Gasteiger partial charge in [0.1, 0.15) is 0 Å². The number of rotatable bonds is 1. The lowest BCUT2D eigenvalue weighted by Gasteiger charge is -2.09. The van der Waals surface area contributed by atoms with Gasteiger partial charge in [-0.25, -0.2) is 0 Å². The van der Waals surface area contributed by atoms with Crippen LogP contribution in [0, 0.1) is 0 Å². The van der Waals surface area contributed by atoms with Gasteiger partial charge in [-0.15, -0.1) is 0 Å². The minimum Gasteiger partial charge on any atom is -0.448 e. The largest absolute Gasteiger partial charge is 0.448 e. The zero-order chi connectivity index (χ0) is 7.78. The molecule has 0 aliphatic carbocycles. The summed E-state index contributed by atoms with van der Waals surface area (Å²) in [5, 5.41) is 7.02. The Balaban J connectivity index is 2.96. The van der Waals surface area contributed by atoms with E-state index in [-0.39, 0.29) is 5.76 Å². The predicted molar refractivity (Wildman–Crippen MR) is 40.3 cm³/mol. The van der Waals surface area contributed by atoms with Gasteiger partial charge in [-0.1, -0.05) is 11.6 Å². The SMILES string of the molecule is NC(O)(Cl)c1ccc(Br)o1. The lowest BCUT2D eigenvalue weighted by molar-refractivity contribution is 0.108. The fourth-order valence-electron chi connectivity index (χ4n) is 0.503. The summed E-state index contributed by atoms with van der Waals surface area (Å²) in [4.78, 5) is 0. The number of nitrogens with two attached hydrogens (primary N) is 1. The first-order chi connectivity index (χ1) is 4.50. The van der Waals surface area contributed by atoms with Crippen molar-refractivity contribution < 1.29 is 9.52 Å². The van der Waals surface area contributed by atoms with Crippen molar-refractivity contribution in [1.82, 2.24) is 0 Å². The Morgan fingerprint density at radius 3 is 2.50 bits per heavy atom. The van der Waals surface area contributed by atoms with Gasteiger partial charge in [-0.3, -0.25) is 5.73 Å². The summed E-state index contributed by atoms with van der Waals surface area (Å²) < 4.78 is 5.34. The third kappa shape index (κ3) is 1.73. The van der Waals surface area contributed by atoms with Crippen molar-refractivity contribution in [1.29, 1.82) is 0 Å². The molecule has 3 N–H and O–H groups in total. The minimum atomic E-state index is -1.91. The molecule has 1 unspecified atom stereocenters. The summed E-state index contributed by atoms with van der Waals surface area (Å²) in [5.74, 6) is 0.112. The van der Waals surface area contributed by atoms with Crippen LogP contribution in [-0.4, -0.2) is 5.11 Å². The van der Waals surface area contributed by atoms with Gasteiger partial charge in [0.05, 0.1) is 0 Å². The summed E-state index contributed by atoms with van der Waals surface area (Å²) in [6, 6.07) is 3.08. The second-order valence-corrected chi connectivity index (χ2v) is 3.13. The third-order valence-electron chi connectivity index (χ3n) is 0.919. The van der Waals surface area contributed by atoms with Gasteiger partial charge in [-0.2, -0.15) is 0 Å². The Bertz CT molecular complexity index is 230. The van der Waals surface area contributed by atoms with Gasteiger partial charge >= 0.3 is 0 Å². The highest BCUT2D eigenvalue weighted by atomic mass is 79.9. The Kier molecular flexibility index (Phi) is 2.05. The van der Waals surface area contributed by atoms with E-state index < -0.39 is 5.18 Å². The van der Waals surface area contributed by atoms with Crippen LogP contribution in [0.3, 0.4) is 0 Å². The maximum Gasteiger partial charge on any atom is 0.251 e. The molecule has 56 valence electrons. The van der Waals surface area contributed by atoms with Crippen molar-refractivity contribution in [3.8, 4) is 0 Å². The van der Waals surface area contributed by atoms with Crippen LogP contribution >= 0.6 is 27.5 Å². The van der Waals surface area contributed by atoms with Crippen molar-refractivity contribution in [2.24, 2.45) is 5.73 Å². The van der Waals surface area contributed by atoms with Crippen molar-refractivity contribution >= 4 is 27.5 Å². The lowest BCUT2D eigenvalue weighted by Crippen LogP contribution is -2.28. The molecule has 1 atom stereocenters. The van der Waals surface area contributed by atoms with Crippen LogP contribution in [0.25, 0.3) is 0 Å². The molecule has 0 aliphatic rings. The van der Waals surface area contributed by atoms with Crippen molar-refractivity contribution in [2.45, 2.75) is 5.18 Å². The molecule has 1 aromatic rings. The Hall–Kier alpha value is -0.0300. The molecular formula is C5H5BrClNO2. The quantitative estimate of drug-likeness (QED) is 0.432. The van der Waals surface area contributed by atoms with Crippen LogP contribution in [0.1, 0.15) is 5.76 Å². The van der Waals surface area contributed by atoms with E-state index in [9.17, 15) is 0 Å². The first-order valence-corrected chi connectivity index (χ1v) is 3.63. The molecule has 0 fully saturated rings. The highest BCUT2D eigenvalue weighted by Gasteiger charge is 2.23. The minimum absolute atomic E-state index is 0.112. The molecule has 1 aromatic heterocycles. The van der Waals surface area contributed by atoms with E-state index >= 15 is 0 Å². The molecule has 0 bridgehead atoms. The molecular weight excluding hydrogens is 221 g/mol. The van der Waals surface area contributed by atoms with E-state index in [2.05, 4.69) is 15.9 Å². The highest BCUT2D eigenvalue weighted by molar-refractivity contribution is 9.10. The monoisotopic (exact) mass is 225 g/mol. The third-order valence-corrected chi connectivity index (χ3v) is 1.53. The molecule has 0 amide bonds. The van der Waals surface area contributed by atoms with Gasteiger partial charge in [0.2, 0.25) is 0 Å². The Morgan fingerprint density at radius 2 is 2.30 bits per heavy atom. The van der Waals surface area contributed by atoms with Gasteiger partial charge in [-0.05, 0) is 28.1 Å². The normalized spacial score (nSPS) is 16.8. The second-order valence-electron chi connectivity index (χ2n) is 1.78. The first-order valence-electron chi connectivity index (χ1n) is 2.46. The smallest absolute Gasteiger partial charge is 0.251 e. The molecule has 0 spiro atoms. The van der Waals surface area contributed by atoms with E-state index in [0.717, 1.165) is 0 Å². The number of aliphatic hydroxyl groups is 1. The summed E-state index contributed by atoms with van der Waals surface area (Å²) in [6.45, 7) is 0. The molecule has 10 heavy (non-hydrogen) atoms. The van der Waals surface area contributed by atoms with Gasteiger partial charge in [0.25, 0.3) is 5.18 Å². The fraction of sp³-hybridized carbons (Fsp3) is 0.200. The van der Waals surface area contributed by atoms with Crippen molar-refractivity contribution in [3.63, 3.8) is 0 Å². The number of halogens is 2. The highest BCUT2D eigenvalue weighted by Crippen LogP contribution is 2.24. The molecule has 0 aromatic carbocycles. The summed E-state index contributed by atoms with van der Waals surface area (Å²) in [5.41, 5.74) is 5.08. The number of hydrogen-bond donors (Lipinski definition) is 2. The number of alkyl halides is 1. The van der Waals surface area contributed by atoms with Crippen molar-refractivity contribution in [3.05, 3.63) is 22.6 Å². The molecule has 3 nitrogen and oxygen atoms in total. The molecule has 0 radical (unpaired) electrons. The van der Waals surface area contributed by atoms with E-state index in [1.54, 1.807) is 6.07 Å². The molecule has 5 heteroatoms.